The van der Waals surface area contributed by atoms with E-state index >= 15 is 0 Å². The molecule has 17 nitrogen and oxygen atoms in total. The predicted molar refractivity (Wildman–Crippen MR) is 427 cm³/mol. The molecule has 0 aliphatic carbocycles. The second kappa shape index (κ2) is 76.4. The van der Waals surface area contributed by atoms with Crippen LogP contribution in [0.2, 0.25) is 0 Å². The van der Waals surface area contributed by atoms with E-state index < -0.39 is 97.5 Å². The van der Waals surface area contributed by atoms with Gasteiger partial charge in [-0.1, -0.05) is 277 Å². The summed E-state index contributed by atoms with van der Waals surface area (Å²) < 4.78 is 68.6. The van der Waals surface area contributed by atoms with Crippen LogP contribution in [0.5, 0.6) is 0 Å². The van der Waals surface area contributed by atoms with Crippen LogP contribution in [-0.2, 0) is 65.4 Å². The number of carbonyl (C=O) groups is 4. The maximum absolute atomic E-state index is 13.1. The normalized spacial score (nSPS) is 14.6. The third-order valence-corrected chi connectivity index (χ3v) is 18.5. The average Bonchev–Trinajstić information content (AvgIpc) is 0.911. The lowest BCUT2D eigenvalue weighted by Crippen LogP contribution is -2.30. The van der Waals surface area contributed by atoms with Crippen molar-refractivity contribution in [2.45, 2.75) is 341 Å². The summed E-state index contributed by atoms with van der Waals surface area (Å²) in [6.07, 6.45) is 85.6. The lowest BCUT2D eigenvalue weighted by molar-refractivity contribution is -0.161. The number of phosphoric ester groups is 2. The first-order valence-corrected chi connectivity index (χ1v) is 43.4. The fourth-order valence-corrected chi connectivity index (χ4v) is 12.0. The van der Waals surface area contributed by atoms with Gasteiger partial charge in [0.25, 0.3) is 0 Å². The highest BCUT2D eigenvalue weighted by molar-refractivity contribution is 7.47. The number of hydrogen-bond donors (Lipinski definition) is 3. The van der Waals surface area contributed by atoms with Crippen molar-refractivity contribution in [1.82, 2.24) is 0 Å². The van der Waals surface area contributed by atoms with Gasteiger partial charge in [-0.15, -0.1) is 0 Å². The van der Waals surface area contributed by atoms with Crippen LogP contribution in [-0.4, -0.2) is 96.7 Å². The van der Waals surface area contributed by atoms with Gasteiger partial charge in [-0.05, 0) is 154 Å². The van der Waals surface area contributed by atoms with Gasteiger partial charge in [0, 0.05) is 25.7 Å². The van der Waals surface area contributed by atoms with Gasteiger partial charge in [-0.3, -0.25) is 37.3 Å². The van der Waals surface area contributed by atoms with E-state index in [4.69, 9.17) is 37.0 Å². The van der Waals surface area contributed by atoms with E-state index in [1.165, 1.54) is 19.3 Å². The molecule has 0 saturated carbocycles. The Morgan fingerprint density at radius 3 is 0.808 bits per heavy atom. The van der Waals surface area contributed by atoms with Crippen LogP contribution >= 0.6 is 15.6 Å². The largest absolute Gasteiger partial charge is 0.472 e. The SMILES string of the molecule is CC/C=C\C/C=C\C/C=C\C/C=C\CCCCCCCCC(=O)OCC(COP(=O)(O)OCC(O)COP(=O)(O)OCC(COC(=O)CCCCCCC/C=C\C/C=C\CCCCC)OC(=O)CCCCCCC/C=C\C/C=C\CCC)OC(=O)CCCCCCCCC/C=C\C/C=C\C/C=C\CC. The Hall–Kier alpha value is -4.80. The Labute approximate surface area is 631 Å². The number of unbranched alkanes of at least 4 members (excludes halogenated alkanes) is 27. The van der Waals surface area contributed by atoms with E-state index in [-0.39, 0.29) is 25.7 Å². The second-order valence-corrected chi connectivity index (χ2v) is 29.5. The molecule has 0 aliphatic rings. The highest BCUT2D eigenvalue weighted by Crippen LogP contribution is 2.45. The molecule has 0 bridgehead atoms. The van der Waals surface area contributed by atoms with Crippen molar-refractivity contribution in [3.8, 4) is 0 Å². The minimum atomic E-state index is -4.99. The number of ether oxygens (including phenoxy) is 4. The number of hydrogen-bond acceptors (Lipinski definition) is 15. The monoisotopic (exact) mass is 1500 g/mol. The zero-order valence-electron chi connectivity index (χ0n) is 65.2. The van der Waals surface area contributed by atoms with Gasteiger partial charge in [-0.2, -0.15) is 0 Å². The maximum Gasteiger partial charge on any atom is 0.472 e. The lowest BCUT2D eigenvalue weighted by Gasteiger charge is -2.21. The second-order valence-electron chi connectivity index (χ2n) is 26.6. The molecule has 0 aromatic carbocycles. The molecule has 3 N–H and O–H groups in total. The molecule has 5 unspecified atom stereocenters. The van der Waals surface area contributed by atoms with Gasteiger partial charge >= 0.3 is 39.5 Å². The summed E-state index contributed by atoms with van der Waals surface area (Å²) in [6, 6.07) is 0. The highest BCUT2D eigenvalue weighted by Gasteiger charge is 2.30. The summed E-state index contributed by atoms with van der Waals surface area (Å²) in [5, 5.41) is 10.6. The summed E-state index contributed by atoms with van der Waals surface area (Å²) in [4.78, 5) is 73.1. The van der Waals surface area contributed by atoms with Crippen molar-refractivity contribution in [1.29, 1.82) is 0 Å². The van der Waals surface area contributed by atoms with Gasteiger partial charge in [0.05, 0.1) is 26.4 Å². The molecular weight excluding hydrogens is 1350 g/mol. The molecule has 0 amide bonds. The number of aliphatic hydroxyl groups is 1. The molecule has 0 aromatic rings. The van der Waals surface area contributed by atoms with Crippen LogP contribution in [0.1, 0.15) is 323 Å². The van der Waals surface area contributed by atoms with Crippen molar-refractivity contribution in [2.75, 3.05) is 39.6 Å². The first kappa shape index (κ1) is 99.2. The van der Waals surface area contributed by atoms with E-state index in [0.717, 1.165) is 225 Å². The standard InChI is InChI=1S/C85H144O17P2/c1-5-9-13-17-21-25-29-33-36-38-39-41-43-47-50-54-58-62-66-70-83(88)96-76-81(102-85(90)72-68-64-60-56-52-48-44-40-37-34-30-26-22-18-14-10-6-2)78-100-104(93,94)98-74-79(86)73-97-103(91,92)99-77-80(101-84(89)71-67-63-59-55-51-45-32-28-24-20-16-12-8-4)75-95-82(87)69-65-61-57-53-49-46-42-35-31-27-23-19-15-11-7-3/h9-10,13-14,16,20-23,25-28,32-37,39,41-42,79-81,86H,5-8,11-12,15,17-19,24,29-31,38,40,43-78H2,1-4H3,(H,91,92)(H,93,94)/b13-9-,14-10-,20-16-,25-21-,26-22-,27-23-,32-28-,36-33-,37-34-,41-39-,42-35-. The minimum absolute atomic E-state index is 0.0734. The van der Waals surface area contributed by atoms with Crippen LogP contribution in [0.15, 0.2) is 134 Å². The molecule has 104 heavy (non-hydrogen) atoms. The third-order valence-electron chi connectivity index (χ3n) is 16.6. The Morgan fingerprint density at radius 2 is 0.519 bits per heavy atom. The lowest BCUT2D eigenvalue weighted by atomic mass is 10.1. The molecule has 0 radical (unpaired) electrons. The molecule has 19 heteroatoms. The quantitative estimate of drug-likeness (QED) is 0.0169. The average molecular weight is 1500 g/mol. The molecule has 5 atom stereocenters. The number of allylic oxidation sites excluding steroid dienone is 22. The number of aliphatic hydroxyl groups excluding tert-OH is 1. The number of phosphoric acid groups is 2. The molecule has 0 heterocycles. The number of rotatable bonds is 75. The van der Waals surface area contributed by atoms with Crippen LogP contribution < -0.4 is 0 Å². The first-order chi connectivity index (χ1) is 50.7. The molecule has 596 valence electrons. The van der Waals surface area contributed by atoms with Crippen molar-refractivity contribution < 1.29 is 80.2 Å². The molecular formula is C85H144O17P2. The first-order valence-electron chi connectivity index (χ1n) is 40.4. The zero-order chi connectivity index (χ0) is 76.0. The Kier molecular flexibility index (Phi) is 72.9. The summed E-state index contributed by atoms with van der Waals surface area (Å²) in [5.74, 6) is -2.23. The van der Waals surface area contributed by atoms with Gasteiger partial charge < -0.3 is 33.8 Å². The van der Waals surface area contributed by atoms with Crippen molar-refractivity contribution in [3.05, 3.63) is 134 Å². The summed E-state index contributed by atoms with van der Waals surface area (Å²) in [6.45, 7) is 4.52. The molecule has 0 aliphatic heterocycles. The van der Waals surface area contributed by atoms with E-state index in [1.807, 2.05) is 0 Å². The van der Waals surface area contributed by atoms with Crippen molar-refractivity contribution >= 4 is 39.5 Å². The highest BCUT2D eigenvalue weighted by atomic mass is 31.2. The number of esters is 4. The van der Waals surface area contributed by atoms with Gasteiger partial charge in [0.2, 0.25) is 0 Å². The third kappa shape index (κ3) is 75.4. The summed E-state index contributed by atoms with van der Waals surface area (Å²) in [5.41, 5.74) is 0. The van der Waals surface area contributed by atoms with Crippen molar-refractivity contribution in [3.63, 3.8) is 0 Å². The molecule has 0 spiro atoms. The molecule has 0 fully saturated rings. The van der Waals surface area contributed by atoms with E-state index in [0.29, 0.717) is 25.7 Å². The zero-order valence-corrected chi connectivity index (χ0v) is 66.9. The van der Waals surface area contributed by atoms with Crippen LogP contribution in [0.3, 0.4) is 0 Å². The summed E-state index contributed by atoms with van der Waals surface area (Å²) in [7, 11) is -9.98. The molecule has 0 saturated heterocycles. The van der Waals surface area contributed by atoms with Gasteiger partial charge in [0.1, 0.15) is 19.3 Å². The predicted octanol–water partition coefficient (Wildman–Crippen LogP) is 23.7. The maximum atomic E-state index is 13.1. The Bertz CT molecular complexity index is 2490. The van der Waals surface area contributed by atoms with Crippen LogP contribution in [0.25, 0.3) is 0 Å². The Morgan fingerprint density at radius 1 is 0.279 bits per heavy atom. The topological polar surface area (TPSA) is 237 Å². The Balaban J connectivity index is 5.39. The van der Waals surface area contributed by atoms with Crippen molar-refractivity contribution in [2.24, 2.45) is 0 Å². The van der Waals surface area contributed by atoms with E-state index in [9.17, 15) is 43.2 Å². The molecule has 0 aromatic heterocycles. The smallest absolute Gasteiger partial charge is 0.462 e. The number of carbonyl (C=O) groups excluding carboxylic acids is 4. The van der Waals surface area contributed by atoms with Gasteiger partial charge in [-0.25, -0.2) is 9.13 Å². The molecule has 0 rings (SSSR count). The van der Waals surface area contributed by atoms with E-state index in [2.05, 4.69) is 161 Å². The van der Waals surface area contributed by atoms with Crippen LogP contribution in [0, 0.1) is 0 Å². The minimum Gasteiger partial charge on any atom is -0.462 e. The summed E-state index contributed by atoms with van der Waals surface area (Å²) >= 11 is 0. The van der Waals surface area contributed by atoms with E-state index in [1.54, 1.807) is 0 Å². The fourth-order valence-electron chi connectivity index (χ4n) is 10.5. The fraction of sp³-hybridized carbons (Fsp3) is 0.694. The van der Waals surface area contributed by atoms with Gasteiger partial charge in [0.15, 0.2) is 12.2 Å². The van der Waals surface area contributed by atoms with Crippen LogP contribution in [0.4, 0.5) is 0 Å².